The second-order valence-electron chi connectivity index (χ2n) is 4.48. The first-order chi connectivity index (χ1) is 9.50. The van der Waals surface area contributed by atoms with Gasteiger partial charge in [-0.2, -0.15) is 0 Å². The molecule has 0 unspecified atom stereocenters. The predicted octanol–water partition coefficient (Wildman–Crippen LogP) is 1.91. The van der Waals surface area contributed by atoms with Crippen LogP contribution in [0.1, 0.15) is 45.1 Å². The van der Waals surface area contributed by atoms with E-state index in [0.717, 1.165) is 11.1 Å². The maximum Gasteiger partial charge on any atom is 0.354 e. The number of aromatic carboxylic acids is 1. The number of H-pyrrole nitrogens is 1. The molecule has 0 spiro atoms. The Kier molecular flexibility index (Phi) is 3.84. The minimum absolute atomic E-state index is 0.113. The van der Waals surface area contributed by atoms with Gasteiger partial charge in [-0.15, -0.1) is 0 Å². The molecule has 0 aliphatic rings. The fourth-order valence-electron chi connectivity index (χ4n) is 2.04. The van der Waals surface area contributed by atoms with E-state index in [1.165, 1.54) is 6.33 Å². The van der Waals surface area contributed by atoms with Gasteiger partial charge in [0.15, 0.2) is 11.4 Å². The second-order valence-corrected chi connectivity index (χ2v) is 4.48. The summed E-state index contributed by atoms with van der Waals surface area (Å²) in [5.74, 6) is -1.73. The number of nitrogens with one attached hydrogen (secondary N) is 2. The highest BCUT2D eigenvalue weighted by molar-refractivity contribution is 6.02. The van der Waals surface area contributed by atoms with Crippen LogP contribution in [-0.2, 0) is 0 Å². The van der Waals surface area contributed by atoms with Gasteiger partial charge in [-0.1, -0.05) is 24.3 Å². The number of hydrogen-bond donors (Lipinski definition) is 3. The number of aromatic amines is 1. The van der Waals surface area contributed by atoms with Gasteiger partial charge in [0.25, 0.3) is 5.91 Å². The number of carboxylic acid groups (broad SMARTS) is 1. The Hall–Kier alpha value is -2.63. The molecule has 20 heavy (non-hydrogen) atoms. The van der Waals surface area contributed by atoms with E-state index in [1.54, 1.807) is 0 Å². The van der Waals surface area contributed by atoms with E-state index in [9.17, 15) is 9.59 Å². The predicted molar refractivity (Wildman–Crippen MR) is 72.6 cm³/mol. The van der Waals surface area contributed by atoms with Gasteiger partial charge in [0, 0.05) is 0 Å². The van der Waals surface area contributed by atoms with Gasteiger partial charge in [0.2, 0.25) is 0 Å². The van der Waals surface area contributed by atoms with Crippen LogP contribution in [0.25, 0.3) is 0 Å². The van der Waals surface area contributed by atoms with Crippen LogP contribution in [0.3, 0.4) is 0 Å². The van der Waals surface area contributed by atoms with Crippen molar-refractivity contribution < 1.29 is 14.7 Å². The van der Waals surface area contributed by atoms with Crippen LogP contribution >= 0.6 is 0 Å². The summed E-state index contributed by atoms with van der Waals surface area (Å²) in [7, 11) is 0. The fourth-order valence-corrected chi connectivity index (χ4v) is 2.04. The molecule has 0 aliphatic carbocycles. The first kappa shape index (κ1) is 13.8. The monoisotopic (exact) mass is 273 g/mol. The highest BCUT2D eigenvalue weighted by Crippen LogP contribution is 2.17. The Balaban J connectivity index is 2.18. The average Bonchev–Trinajstić information content (AvgIpc) is 2.88. The normalized spacial score (nSPS) is 11.9. The number of aryl methyl sites for hydroxylation is 1. The van der Waals surface area contributed by atoms with Gasteiger partial charge in [-0.25, -0.2) is 9.78 Å². The summed E-state index contributed by atoms with van der Waals surface area (Å²) in [5, 5.41) is 11.7. The van der Waals surface area contributed by atoms with E-state index < -0.39 is 11.9 Å². The summed E-state index contributed by atoms with van der Waals surface area (Å²) in [4.78, 5) is 29.2. The highest BCUT2D eigenvalue weighted by atomic mass is 16.4. The van der Waals surface area contributed by atoms with Crippen LogP contribution in [0.2, 0.25) is 0 Å². The van der Waals surface area contributed by atoms with Crippen molar-refractivity contribution in [2.45, 2.75) is 19.9 Å². The van der Waals surface area contributed by atoms with Crippen LogP contribution in [0, 0.1) is 6.92 Å². The Labute approximate surface area is 115 Å². The molecule has 0 aliphatic heterocycles. The zero-order chi connectivity index (χ0) is 14.7. The Morgan fingerprint density at radius 3 is 2.70 bits per heavy atom. The molecule has 1 amide bonds. The third-order valence-electron chi connectivity index (χ3n) is 3.07. The lowest BCUT2D eigenvalue weighted by molar-refractivity contribution is 0.0684. The van der Waals surface area contributed by atoms with Gasteiger partial charge in [-0.3, -0.25) is 4.79 Å². The maximum atomic E-state index is 12.1. The number of carbonyl (C=O) groups excluding carboxylic acids is 1. The number of carbonyl (C=O) groups is 2. The summed E-state index contributed by atoms with van der Waals surface area (Å²) >= 11 is 0. The summed E-state index contributed by atoms with van der Waals surface area (Å²) < 4.78 is 0. The fraction of sp³-hybridized carbons (Fsp3) is 0.214. The molecule has 0 fully saturated rings. The van der Waals surface area contributed by atoms with Crippen LogP contribution in [-0.4, -0.2) is 27.0 Å². The number of rotatable bonds is 4. The first-order valence-electron chi connectivity index (χ1n) is 6.13. The smallest absolute Gasteiger partial charge is 0.354 e. The summed E-state index contributed by atoms with van der Waals surface area (Å²) in [5.41, 5.74) is 1.71. The number of nitrogens with zero attached hydrogens (tertiary/aromatic N) is 1. The van der Waals surface area contributed by atoms with Crippen molar-refractivity contribution in [2.24, 2.45) is 0 Å². The van der Waals surface area contributed by atoms with Crippen molar-refractivity contribution in [1.82, 2.24) is 15.3 Å². The van der Waals surface area contributed by atoms with Gasteiger partial charge < -0.3 is 15.4 Å². The molecule has 0 radical (unpaired) electrons. The minimum Gasteiger partial charge on any atom is -0.477 e. The summed E-state index contributed by atoms with van der Waals surface area (Å²) in [6, 6.07) is 7.45. The molecule has 3 N–H and O–H groups in total. The van der Waals surface area contributed by atoms with Crippen molar-refractivity contribution in [1.29, 1.82) is 0 Å². The van der Waals surface area contributed by atoms with E-state index in [0.29, 0.717) is 0 Å². The Morgan fingerprint density at radius 1 is 1.35 bits per heavy atom. The number of amides is 1. The summed E-state index contributed by atoms with van der Waals surface area (Å²) in [6.07, 6.45) is 1.19. The zero-order valence-electron chi connectivity index (χ0n) is 11.2. The lowest BCUT2D eigenvalue weighted by Crippen LogP contribution is -2.28. The third-order valence-corrected chi connectivity index (χ3v) is 3.07. The van der Waals surface area contributed by atoms with Gasteiger partial charge in [-0.05, 0) is 25.0 Å². The van der Waals surface area contributed by atoms with Crippen molar-refractivity contribution in [2.75, 3.05) is 0 Å². The summed E-state index contributed by atoms with van der Waals surface area (Å²) in [6.45, 7) is 3.79. The maximum absolute atomic E-state index is 12.1. The van der Waals surface area contributed by atoms with E-state index in [2.05, 4.69) is 15.3 Å². The van der Waals surface area contributed by atoms with Crippen LogP contribution < -0.4 is 5.32 Å². The molecule has 0 saturated carbocycles. The third kappa shape index (κ3) is 2.69. The minimum atomic E-state index is -1.21. The first-order valence-corrected chi connectivity index (χ1v) is 6.13. The van der Waals surface area contributed by atoms with Crippen molar-refractivity contribution in [3.05, 3.63) is 53.1 Å². The molecule has 6 nitrogen and oxygen atoms in total. The van der Waals surface area contributed by atoms with Crippen LogP contribution in [0.15, 0.2) is 30.6 Å². The molecule has 1 atom stereocenters. The molecule has 0 saturated heterocycles. The number of aromatic nitrogens is 2. The SMILES string of the molecule is Cc1ccccc1[C@@H](C)NC(=O)c1nc[nH]c1C(=O)O. The zero-order valence-corrected chi connectivity index (χ0v) is 11.2. The topological polar surface area (TPSA) is 95.1 Å². The highest BCUT2D eigenvalue weighted by Gasteiger charge is 2.21. The molecule has 104 valence electrons. The molecule has 0 bridgehead atoms. The standard InChI is InChI=1S/C14H15N3O3/c1-8-5-3-4-6-10(8)9(2)17-13(18)11-12(14(19)20)16-7-15-11/h3-7,9H,1-2H3,(H,15,16)(H,17,18)(H,19,20)/t9-/m1/s1. The van der Waals surface area contributed by atoms with Gasteiger partial charge in [0.1, 0.15) is 0 Å². The number of imidazole rings is 1. The number of benzene rings is 1. The van der Waals surface area contributed by atoms with Gasteiger partial charge in [0.05, 0.1) is 12.4 Å². The molecule has 1 aromatic carbocycles. The van der Waals surface area contributed by atoms with Crippen molar-refractivity contribution >= 4 is 11.9 Å². The quantitative estimate of drug-likeness (QED) is 0.793. The van der Waals surface area contributed by atoms with E-state index in [1.807, 2.05) is 38.1 Å². The van der Waals surface area contributed by atoms with Crippen LogP contribution in [0.4, 0.5) is 0 Å². The molecule has 1 aromatic heterocycles. The van der Waals surface area contributed by atoms with Gasteiger partial charge >= 0.3 is 5.97 Å². The number of carboxylic acids is 1. The van der Waals surface area contributed by atoms with E-state index in [4.69, 9.17) is 5.11 Å². The largest absolute Gasteiger partial charge is 0.477 e. The molecule has 2 rings (SSSR count). The molecule has 6 heteroatoms. The molecular weight excluding hydrogens is 258 g/mol. The average molecular weight is 273 g/mol. The Morgan fingerprint density at radius 2 is 2.05 bits per heavy atom. The van der Waals surface area contributed by atoms with Crippen molar-refractivity contribution in [3.8, 4) is 0 Å². The van der Waals surface area contributed by atoms with E-state index in [-0.39, 0.29) is 17.4 Å². The van der Waals surface area contributed by atoms with Crippen LogP contribution in [0.5, 0.6) is 0 Å². The van der Waals surface area contributed by atoms with E-state index >= 15 is 0 Å². The molecule has 1 heterocycles. The second kappa shape index (κ2) is 5.56. The lowest BCUT2D eigenvalue weighted by Gasteiger charge is -2.16. The van der Waals surface area contributed by atoms with Crippen molar-refractivity contribution in [3.63, 3.8) is 0 Å². The lowest BCUT2D eigenvalue weighted by atomic mass is 10.0. The molecule has 2 aromatic rings. The number of hydrogen-bond acceptors (Lipinski definition) is 3. The Bertz CT molecular complexity index is 649. The molecular formula is C14H15N3O3.